The van der Waals surface area contributed by atoms with Gasteiger partial charge in [-0.25, -0.2) is 9.97 Å². The minimum absolute atomic E-state index is 0.149. The Balaban J connectivity index is 1.28. The van der Waals surface area contributed by atoms with Gasteiger partial charge in [0.15, 0.2) is 10.8 Å². The number of fused-ring (bicyclic) bond motifs is 2. The molecule has 0 radical (unpaired) electrons. The number of thioether (sulfide) groups is 1. The molecule has 174 valence electrons. The molecule has 0 unspecified atom stereocenters. The molecule has 8 nitrogen and oxygen atoms in total. The van der Waals surface area contributed by atoms with Crippen molar-refractivity contribution in [3.05, 3.63) is 59.9 Å². The normalized spacial score (nSPS) is 12.9. The zero-order chi connectivity index (χ0) is 23.5. The van der Waals surface area contributed by atoms with Crippen molar-refractivity contribution in [3.8, 4) is 11.5 Å². The van der Waals surface area contributed by atoms with Crippen LogP contribution in [0.5, 0.6) is 11.5 Å². The summed E-state index contributed by atoms with van der Waals surface area (Å²) >= 11 is 2.95. The first kappa shape index (κ1) is 22.4. The van der Waals surface area contributed by atoms with Crippen molar-refractivity contribution < 1.29 is 14.3 Å². The summed E-state index contributed by atoms with van der Waals surface area (Å²) in [5.74, 6) is 1.27. The van der Waals surface area contributed by atoms with Crippen LogP contribution in [0.4, 0.5) is 10.8 Å². The Bertz CT molecular complexity index is 1320. The van der Waals surface area contributed by atoms with Crippen LogP contribution in [0.2, 0.25) is 0 Å². The number of carbonyl (C=O) groups is 1. The predicted octanol–water partition coefficient (Wildman–Crippen LogP) is 4.40. The topological polar surface area (TPSA) is 89.5 Å². The standard InChI is InChI=1S/C24H23N5O3S2/c1-31-18-9-17(10-19(11-18)32-2)27-20(30)13-33-23-21-22(25-14-26-23)28-24(34-21)29-8-7-15-5-3-4-6-16(15)12-29/h3-6,9-11,14H,7-8,12-13H2,1-2H3,(H,27,30). The number of benzene rings is 2. The summed E-state index contributed by atoms with van der Waals surface area (Å²) < 4.78 is 11.4. The fraction of sp³-hybridized carbons (Fsp3) is 0.250. The number of hydrogen-bond donors (Lipinski definition) is 1. The van der Waals surface area contributed by atoms with Gasteiger partial charge < -0.3 is 19.7 Å². The largest absolute Gasteiger partial charge is 0.497 e. The van der Waals surface area contributed by atoms with E-state index in [4.69, 9.17) is 14.5 Å². The van der Waals surface area contributed by atoms with Crippen LogP contribution in [0.1, 0.15) is 11.1 Å². The van der Waals surface area contributed by atoms with Crippen molar-refractivity contribution in [2.45, 2.75) is 18.0 Å². The summed E-state index contributed by atoms with van der Waals surface area (Å²) in [5.41, 5.74) is 4.00. The first-order valence-corrected chi connectivity index (χ1v) is 12.5. The number of aromatic nitrogens is 3. The highest BCUT2D eigenvalue weighted by Crippen LogP contribution is 2.35. The lowest BCUT2D eigenvalue weighted by atomic mass is 10.0. The lowest BCUT2D eigenvalue weighted by Crippen LogP contribution is -2.30. The molecule has 4 aromatic rings. The average molecular weight is 494 g/mol. The van der Waals surface area contributed by atoms with Crippen LogP contribution < -0.4 is 19.7 Å². The second kappa shape index (κ2) is 9.86. The monoisotopic (exact) mass is 493 g/mol. The van der Waals surface area contributed by atoms with Crippen molar-refractivity contribution in [2.24, 2.45) is 0 Å². The fourth-order valence-corrected chi connectivity index (χ4v) is 5.75. The molecule has 0 saturated carbocycles. The molecular weight excluding hydrogens is 470 g/mol. The summed E-state index contributed by atoms with van der Waals surface area (Å²) in [6, 6.07) is 13.8. The predicted molar refractivity (Wildman–Crippen MR) is 135 cm³/mol. The molecule has 1 amide bonds. The van der Waals surface area contributed by atoms with E-state index >= 15 is 0 Å². The Labute approximate surface area is 205 Å². The van der Waals surface area contributed by atoms with E-state index in [0.717, 1.165) is 34.4 Å². The van der Waals surface area contributed by atoms with Gasteiger partial charge in [0.05, 0.1) is 20.0 Å². The number of hydrogen-bond acceptors (Lipinski definition) is 9. The number of methoxy groups -OCH3 is 2. The van der Waals surface area contributed by atoms with Crippen LogP contribution in [0, 0.1) is 0 Å². The van der Waals surface area contributed by atoms with Gasteiger partial charge in [0.25, 0.3) is 0 Å². The van der Waals surface area contributed by atoms with E-state index in [-0.39, 0.29) is 11.7 Å². The Kier molecular flexibility index (Phi) is 6.50. The Morgan fingerprint density at radius 3 is 2.65 bits per heavy atom. The van der Waals surface area contributed by atoms with E-state index in [1.807, 2.05) is 0 Å². The molecule has 1 aliphatic heterocycles. The minimum Gasteiger partial charge on any atom is -0.497 e. The molecular formula is C24H23N5O3S2. The van der Waals surface area contributed by atoms with E-state index in [9.17, 15) is 4.79 Å². The number of amides is 1. The number of rotatable bonds is 7. The van der Waals surface area contributed by atoms with Gasteiger partial charge in [0.2, 0.25) is 5.91 Å². The van der Waals surface area contributed by atoms with Crippen LogP contribution in [0.3, 0.4) is 0 Å². The molecule has 0 bridgehead atoms. The maximum atomic E-state index is 12.6. The number of carbonyl (C=O) groups excluding carboxylic acids is 1. The molecule has 2 aromatic carbocycles. The zero-order valence-corrected chi connectivity index (χ0v) is 20.4. The summed E-state index contributed by atoms with van der Waals surface area (Å²) in [6.07, 6.45) is 2.50. The van der Waals surface area contributed by atoms with Crippen molar-refractivity contribution in [3.63, 3.8) is 0 Å². The Hall–Kier alpha value is -3.37. The molecule has 0 fully saturated rings. The van der Waals surface area contributed by atoms with Crippen molar-refractivity contribution in [1.29, 1.82) is 0 Å². The van der Waals surface area contributed by atoms with Gasteiger partial charge >= 0.3 is 0 Å². The van der Waals surface area contributed by atoms with E-state index < -0.39 is 0 Å². The third kappa shape index (κ3) is 4.78. The average Bonchev–Trinajstić information content (AvgIpc) is 3.32. The highest BCUT2D eigenvalue weighted by Gasteiger charge is 2.21. The maximum absolute atomic E-state index is 12.6. The number of thiazole rings is 1. The molecule has 5 rings (SSSR count). The minimum atomic E-state index is -0.149. The molecule has 0 aliphatic carbocycles. The third-order valence-corrected chi connectivity index (χ3v) is 7.75. The molecule has 0 spiro atoms. The highest BCUT2D eigenvalue weighted by atomic mass is 32.2. The number of nitrogens with zero attached hydrogens (tertiary/aromatic N) is 4. The maximum Gasteiger partial charge on any atom is 0.234 e. The van der Waals surface area contributed by atoms with Gasteiger partial charge in [0, 0.05) is 37.0 Å². The first-order chi connectivity index (χ1) is 16.6. The molecule has 1 N–H and O–H groups in total. The summed E-state index contributed by atoms with van der Waals surface area (Å²) in [5, 5.41) is 4.58. The Morgan fingerprint density at radius 2 is 1.88 bits per heavy atom. The van der Waals surface area contributed by atoms with E-state index in [1.165, 1.54) is 29.2 Å². The number of nitrogens with one attached hydrogen (secondary N) is 1. The summed E-state index contributed by atoms with van der Waals surface area (Å²) in [4.78, 5) is 28.4. The molecule has 0 saturated heterocycles. The van der Waals surface area contributed by atoms with Crippen molar-refractivity contribution in [2.75, 3.05) is 36.7 Å². The number of anilines is 2. The SMILES string of the molecule is COc1cc(NC(=O)CSc2ncnc3nc(N4CCc5ccccc5C4)sc23)cc(OC)c1. The van der Waals surface area contributed by atoms with E-state index in [0.29, 0.717) is 22.8 Å². The van der Waals surface area contributed by atoms with Crippen LogP contribution in [-0.2, 0) is 17.8 Å². The first-order valence-electron chi connectivity index (χ1n) is 10.7. The molecule has 2 aromatic heterocycles. The van der Waals surface area contributed by atoms with E-state index in [2.05, 4.69) is 44.5 Å². The van der Waals surface area contributed by atoms with Crippen LogP contribution >= 0.6 is 23.1 Å². The smallest absolute Gasteiger partial charge is 0.234 e. The van der Waals surface area contributed by atoms with Gasteiger partial charge in [-0.2, -0.15) is 4.98 Å². The van der Waals surface area contributed by atoms with Gasteiger partial charge in [-0.05, 0) is 17.5 Å². The van der Waals surface area contributed by atoms with Gasteiger partial charge in [0.1, 0.15) is 27.6 Å². The van der Waals surface area contributed by atoms with Crippen LogP contribution in [-0.4, -0.2) is 47.4 Å². The van der Waals surface area contributed by atoms with Gasteiger partial charge in [-0.1, -0.05) is 47.4 Å². The van der Waals surface area contributed by atoms with Crippen molar-refractivity contribution in [1.82, 2.24) is 15.0 Å². The zero-order valence-electron chi connectivity index (χ0n) is 18.8. The highest BCUT2D eigenvalue weighted by molar-refractivity contribution is 8.00. The summed E-state index contributed by atoms with van der Waals surface area (Å²) in [7, 11) is 3.14. The molecule has 3 heterocycles. The van der Waals surface area contributed by atoms with Gasteiger partial charge in [-0.15, -0.1) is 0 Å². The lowest BCUT2D eigenvalue weighted by molar-refractivity contribution is -0.113. The summed E-state index contributed by atoms with van der Waals surface area (Å²) in [6.45, 7) is 1.75. The van der Waals surface area contributed by atoms with Gasteiger partial charge in [-0.3, -0.25) is 4.79 Å². The Morgan fingerprint density at radius 1 is 1.12 bits per heavy atom. The second-order valence-corrected chi connectivity index (χ2v) is 9.65. The molecule has 0 atom stereocenters. The lowest BCUT2D eigenvalue weighted by Gasteiger charge is -2.28. The fourth-order valence-electron chi connectivity index (χ4n) is 3.83. The molecule has 34 heavy (non-hydrogen) atoms. The van der Waals surface area contributed by atoms with Crippen LogP contribution in [0.15, 0.2) is 53.8 Å². The number of ether oxygens (including phenoxy) is 2. The third-order valence-electron chi connectivity index (χ3n) is 5.52. The molecule has 10 heteroatoms. The molecule has 1 aliphatic rings. The quantitative estimate of drug-likeness (QED) is 0.299. The van der Waals surface area contributed by atoms with Crippen molar-refractivity contribution >= 4 is 50.2 Å². The van der Waals surface area contributed by atoms with E-state index in [1.54, 1.807) is 43.8 Å². The van der Waals surface area contributed by atoms with Crippen LogP contribution in [0.25, 0.3) is 10.3 Å². The second-order valence-electron chi connectivity index (χ2n) is 7.71.